The first kappa shape index (κ1) is 12.8. The standard InChI is InChI=1S/C13H16N3OP/c1-8-4-5-11(18)9(6-8)12-14-7-10(16(2)3)13(17)15-12/h4-7H,18H2,1-3H3,(H,14,15,17). The Bertz CT molecular complexity index is 634. The van der Waals surface area contributed by atoms with E-state index in [2.05, 4.69) is 19.2 Å². The highest BCUT2D eigenvalue weighted by Crippen LogP contribution is 2.16. The first-order chi connectivity index (χ1) is 8.49. The van der Waals surface area contributed by atoms with Crippen molar-refractivity contribution in [2.45, 2.75) is 6.92 Å². The van der Waals surface area contributed by atoms with E-state index in [-0.39, 0.29) is 5.56 Å². The van der Waals surface area contributed by atoms with Crippen LogP contribution in [0.15, 0.2) is 29.2 Å². The lowest BCUT2D eigenvalue weighted by atomic mass is 10.1. The third-order valence-electron chi connectivity index (χ3n) is 2.73. The third kappa shape index (κ3) is 2.44. The summed E-state index contributed by atoms with van der Waals surface area (Å²) >= 11 is 0. The van der Waals surface area contributed by atoms with Crippen LogP contribution >= 0.6 is 9.24 Å². The highest BCUT2D eigenvalue weighted by molar-refractivity contribution is 7.27. The van der Waals surface area contributed by atoms with Gasteiger partial charge < -0.3 is 9.88 Å². The van der Waals surface area contributed by atoms with Gasteiger partial charge in [-0.3, -0.25) is 4.79 Å². The summed E-state index contributed by atoms with van der Waals surface area (Å²) in [5.41, 5.74) is 2.49. The predicted octanol–water partition coefficient (Wildman–Crippen LogP) is 1.31. The van der Waals surface area contributed by atoms with Gasteiger partial charge in [-0.05, 0) is 18.3 Å². The fourth-order valence-electron chi connectivity index (χ4n) is 1.72. The van der Waals surface area contributed by atoms with Gasteiger partial charge in [0, 0.05) is 19.7 Å². The fraction of sp³-hybridized carbons (Fsp3) is 0.231. The highest BCUT2D eigenvalue weighted by Gasteiger charge is 2.08. The van der Waals surface area contributed by atoms with Crippen molar-refractivity contribution in [1.82, 2.24) is 9.97 Å². The number of aromatic amines is 1. The van der Waals surface area contributed by atoms with Crippen molar-refractivity contribution in [1.29, 1.82) is 0 Å². The minimum atomic E-state index is -0.129. The van der Waals surface area contributed by atoms with Crippen molar-refractivity contribution in [2.75, 3.05) is 19.0 Å². The van der Waals surface area contributed by atoms with Gasteiger partial charge in [0.25, 0.3) is 5.56 Å². The average molecular weight is 261 g/mol. The first-order valence-electron chi connectivity index (χ1n) is 5.62. The number of H-pyrrole nitrogens is 1. The molecule has 18 heavy (non-hydrogen) atoms. The van der Waals surface area contributed by atoms with Gasteiger partial charge in [-0.15, -0.1) is 9.24 Å². The third-order valence-corrected chi connectivity index (χ3v) is 3.23. The number of hydrogen-bond donors (Lipinski definition) is 1. The quantitative estimate of drug-likeness (QED) is 0.829. The van der Waals surface area contributed by atoms with Crippen molar-refractivity contribution >= 4 is 20.2 Å². The number of anilines is 1. The number of benzene rings is 1. The average Bonchev–Trinajstić information content (AvgIpc) is 2.31. The van der Waals surface area contributed by atoms with Crippen LogP contribution in [0.1, 0.15) is 5.56 Å². The first-order valence-corrected chi connectivity index (χ1v) is 6.20. The van der Waals surface area contributed by atoms with Crippen molar-refractivity contribution in [3.05, 3.63) is 40.3 Å². The van der Waals surface area contributed by atoms with Gasteiger partial charge in [0.15, 0.2) is 0 Å². The summed E-state index contributed by atoms with van der Waals surface area (Å²) in [6.45, 7) is 2.01. The highest BCUT2D eigenvalue weighted by atomic mass is 31.0. The molecule has 5 heteroatoms. The molecule has 1 aromatic carbocycles. The van der Waals surface area contributed by atoms with Gasteiger partial charge in [-0.1, -0.05) is 17.7 Å². The molecule has 0 saturated carbocycles. The molecule has 0 fully saturated rings. The lowest BCUT2D eigenvalue weighted by Crippen LogP contribution is -2.22. The molecule has 1 unspecified atom stereocenters. The molecule has 1 atom stereocenters. The summed E-state index contributed by atoms with van der Waals surface area (Å²) in [6.07, 6.45) is 1.60. The smallest absolute Gasteiger partial charge is 0.274 e. The Balaban J connectivity index is 2.56. The number of aromatic nitrogens is 2. The summed E-state index contributed by atoms with van der Waals surface area (Å²) in [7, 11) is 6.29. The summed E-state index contributed by atoms with van der Waals surface area (Å²) in [5, 5.41) is 1.02. The van der Waals surface area contributed by atoms with Crippen LogP contribution in [0.2, 0.25) is 0 Å². The Labute approximate surface area is 108 Å². The number of nitrogens with zero attached hydrogens (tertiary/aromatic N) is 2. The van der Waals surface area contributed by atoms with Crippen molar-refractivity contribution in [2.24, 2.45) is 0 Å². The van der Waals surface area contributed by atoms with E-state index < -0.39 is 0 Å². The van der Waals surface area contributed by atoms with E-state index in [0.29, 0.717) is 11.5 Å². The number of rotatable bonds is 2. The molecule has 4 nitrogen and oxygen atoms in total. The maximum Gasteiger partial charge on any atom is 0.274 e. The van der Waals surface area contributed by atoms with Gasteiger partial charge in [0.1, 0.15) is 11.5 Å². The summed E-state index contributed by atoms with van der Waals surface area (Å²) in [6, 6.07) is 6.03. The zero-order chi connectivity index (χ0) is 13.3. The van der Waals surface area contributed by atoms with Crippen LogP contribution in [0.25, 0.3) is 11.4 Å². The van der Waals surface area contributed by atoms with Crippen LogP contribution in [0.5, 0.6) is 0 Å². The monoisotopic (exact) mass is 261 g/mol. The van der Waals surface area contributed by atoms with Gasteiger partial charge in [-0.25, -0.2) is 4.98 Å². The summed E-state index contributed by atoms with van der Waals surface area (Å²) < 4.78 is 0. The van der Waals surface area contributed by atoms with E-state index >= 15 is 0 Å². The number of hydrogen-bond acceptors (Lipinski definition) is 3. The molecule has 0 spiro atoms. The second-order valence-corrected chi connectivity index (χ2v) is 5.05. The fourth-order valence-corrected chi connectivity index (χ4v) is 2.04. The van der Waals surface area contributed by atoms with Crippen LogP contribution in [-0.2, 0) is 0 Å². The zero-order valence-corrected chi connectivity index (χ0v) is 11.8. The summed E-state index contributed by atoms with van der Waals surface area (Å²) in [4.78, 5) is 20.8. The van der Waals surface area contributed by atoms with Crippen LogP contribution in [-0.4, -0.2) is 24.1 Å². The Hall–Kier alpha value is -1.67. The molecule has 0 aliphatic carbocycles. The van der Waals surface area contributed by atoms with Gasteiger partial charge in [0.05, 0.1) is 6.20 Å². The maximum absolute atomic E-state index is 11.9. The van der Waals surface area contributed by atoms with E-state index in [1.54, 1.807) is 11.1 Å². The van der Waals surface area contributed by atoms with Crippen molar-refractivity contribution < 1.29 is 0 Å². The molecule has 1 heterocycles. The largest absolute Gasteiger partial charge is 0.372 e. The molecule has 0 saturated heterocycles. The van der Waals surface area contributed by atoms with Crippen LogP contribution in [0, 0.1) is 6.92 Å². The van der Waals surface area contributed by atoms with E-state index in [9.17, 15) is 4.79 Å². The predicted molar refractivity (Wildman–Crippen MR) is 78.7 cm³/mol. The van der Waals surface area contributed by atoms with Crippen molar-refractivity contribution in [3.63, 3.8) is 0 Å². The molecule has 0 aliphatic heterocycles. The summed E-state index contributed by atoms with van der Waals surface area (Å²) in [5.74, 6) is 0.597. The second-order valence-electron chi connectivity index (χ2n) is 4.43. The molecule has 1 aromatic heterocycles. The van der Waals surface area contributed by atoms with E-state index in [4.69, 9.17) is 0 Å². The molecule has 94 valence electrons. The maximum atomic E-state index is 11.9. The molecule has 0 bridgehead atoms. The lowest BCUT2D eigenvalue weighted by Gasteiger charge is -2.12. The molecular formula is C13H16N3OP. The lowest BCUT2D eigenvalue weighted by molar-refractivity contribution is 1.04. The molecule has 0 aliphatic rings. The van der Waals surface area contributed by atoms with E-state index in [0.717, 1.165) is 16.4 Å². The minimum Gasteiger partial charge on any atom is -0.372 e. The topological polar surface area (TPSA) is 49.0 Å². The SMILES string of the molecule is Cc1ccc(P)c(-c2ncc(N(C)C)c(=O)[nH]2)c1. The second kappa shape index (κ2) is 4.91. The normalized spacial score (nSPS) is 10.4. The number of aryl methyl sites for hydroxylation is 1. The Morgan fingerprint density at radius 2 is 2.06 bits per heavy atom. The van der Waals surface area contributed by atoms with Crippen LogP contribution in [0.3, 0.4) is 0 Å². The van der Waals surface area contributed by atoms with Crippen LogP contribution in [0.4, 0.5) is 5.69 Å². The molecule has 1 N–H and O–H groups in total. The van der Waals surface area contributed by atoms with Gasteiger partial charge in [-0.2, -0.15) is 0 Å². The van der Waals surface area contributed by atoms with Crippen molar-refractivity contribution in [3.8, 4) is 11.4 Å². The molecule has 2 aromatic rings. The Kier molecular flexibility index (Phi) is 3.48. The number of nitrogens with one attached hydrogen (secondary N) is 1. The Morgan fingerprint density at radius 1 is 1.33 bits per heavy atom. The van der Waals surface area contributed by atoms with Crippen LogP contribution < -0.4 is 15.8 Å². The van der Waals surface area contributed by atoms with Gasteiger partial charge >= 0.3 is 0 Å². The van der Waals surface area contributed by atoms with E-state index in [1.165, 1.54) is 0 Å². The minimum absolute atomic E-state index is 0.129. The molecule has 2 rings (SSSR count). The Morgan fingerprint density at radius 3 is 2.67 bits per heavy atom. The van der Waals surface area contributed by atoms with Gasteiger partial charge in [0.2, 0.25) is 0 Å². The molecule has 0 amide bonds. The molecular weight excluding hydrogens is 245 g/mol. The van der Waals surface area contributed by atoms with E-state index in [1.807, 2.05) is 39.2 Å². The zero-order valence-electron chi connectivity index (χ0n) is 10.7. The molecule has 0 radical (unpaired) electrons.